The summed E-state index contributed by atoms with van der Waals surface area (Å²) in [6, 6.07) is 0. The number of esters is 1. The molecule has 1 saturated carbocycles. The Morgan fingerprint density at radius 3 is 1.98 bits per heavy atom. The third-order valence-electron chi connectivity index (χ3n) is 9.63. The summed E-state index contributed by atoms with van der Waals surface area (Å²) in [5, 5.41) is 0. The molecule has 9 nitrogen and oxygen atoms in total. The van der Waals surface area contributed by atoms with Crippen molar-refractivity contribution in [3.63, 3.8) is 0 Å². The van der Waals surface area contributed by atoms with Crippen molar-refractivity contribution in [3.8, 4) is 0 Å². The molecule has 0 bridgehead atoms. The molecule has 45 heavy (non-hydrogen) atoms. The minimum atomic E-state index is -0.715. The second-order valence-electron chi connectivity index (χ2n) is 14.4. The molecule has 0 N–H and O–H groups in total. The van der Waals surface area contributed by atoms with E-state index in [0.29, 0.717) is 31.7 Å². The number of rotatable bonds is 19. The number of hydrogen-bond donors (Lipinski definition) is 0. The first-order valence-electron chi connectivity index (χ1n) is 18.2. The van der Waals surface area contributed by atoms with Crippen LogP contribution in [0, 0.1) is 29.6 Å². The molecule has 2 saturated heterocycles. The highest BCUT2D eigenvalue weighted by atomic mass is 16.8. The van der Waals surface area contributed by atoms with Gasteiger partial charge in [0.25, 0.3) is 0 Å². The molecule has 0 radical (unpaired) electrons. The van der Waals surface area contributed by atoms with E-state index in [1.807, 2.05) is 13.8 Å². The van der Waals surface area contributed by atoms with E-state index >= 15 is 0 Å². The van der Waals surface area contributed by atoms with E-state index < -0.39 is 18.5 Å². The molecule has 0 aromatic heterocycles. The SMILES string of the molecule is CCCCCCCCCCCC1OCC2O[C@H](OC)C(OC(=O)OCC3CCC(COC(=O)C(C)C)CC3)[C@@H](CC(C)C)[C@@H]2O1. The van der Waals surface area contributed by atoms with Crippen molar-refractivity contribution in [1.29, 1.82) is 0 Å². The molecule has 0 aromatic rings. The fraction of sp³-hybridized carbons (Fsp3) is 0.944. The first kappa shape index (κ1) is 38.0. The third-order valence-corrected chi connectivity index (χ3v) is 9.63. The maximum atomic E-state index is 13.0. The Bertz CT molecular complexity index is 825. The minimum Gasteiger partial charge on any atom is -0.465 e. The molecule has 1 aliphatic carbocycles. The Morgan fingerprint density at radius 2 is 1.40 bits per heavy atom. The van der Waals surface area contributed by atoms with Gasteiger partial charge in [-0.25, -0.2) is 4.79 Å². The maximum Gasteiger partial charge on any atom is 0.508 e. The first-order chi connectivity index (χ1) is 21.7. The second-order valence-corrected chi connectivity index (χ2v) is 14.4. The molecule has 9 heteroatoms. The number of hydrogen-bond acceptors (Lipinski definition) is 9. The summed E-state index contributed by atoms with van der Waals surface area (Å²) in [6.07, 6.45) is 14.1. The van der Waals surface area contributed by atoms with Crippen molar-refractivity contribution in [1.82, 2.24) is 0 Å². The van der Waals surface area contributed by atoms with Crippen molar-refractivity contribution in [2.45, 2.75) is 162 Å². The zero-order chi connectivity index (χ0) is 32.6. The van der Waals surface area contributed by atoms with Gasteiger partial charge in [-0.15, -0.1) is 0 Å². The Kier molecular flexibility index (Phi) is 17.5. The highest BCUT2D eigenvalue weighted by molar-refractivity contribution is 5.71. The lowest BCUT2D eigenvalue weighted by atomic mass is 9.82. The largest absolute Gasteiger partial charge is 0.508 e. The average molecular weight is 641 g/mol. The van der Waals surface area contributed by atoms with Gasteiger partial charge in [-0.2, -0.15) is 0 Å². The maximum absolute atomic E-state index is 13.0. The molecule has 3 unspecified atom stereocenters. The lowest BCUT2D eigenvalue weighted by Gasteiger charge is -2.49. The lowest BCUT2D eigenvalue weighted by Crippen LogP contribution is -2.61. The Hall–Kier alpha value is -1.42. The highest BCUT2D eigenvalue weighted by Gasteiger charge is 2.51. The van der Waals surface area contributed by atoms with Crippen molar-refractivity contribution < 1.29 is 42.7 Å². The van der Waals surface area contributed by atoms with Gasteiger partial charge in [0, 0.05) is 13.0 Å². The minimum absolute atomic E-state index is 0.0974. The molecule has 3 fully saturated rings. The van der Waals surface area contributed by atoms with Crippen molar-refractivity contribution in [2.75, 3.05) is 26.9 Å². The predicted molar refractivity (Wildman–Crippen MR) is 173 cm³/mol. The van der Waals surface area contributed by atoms with Crippen LogP contribution in [-0.4, -0.2) is 69.9 Å². The summed E-state index contributed by atoms with van der Waals surface area (Å²) in [6.45, 7) is 11.5. The van der Waals surface area contributed by atoms with Gasteiger partial charge in [0.2, 0.25) is 0 Å². The Morgan fingerprint density at radius 1 is 0.800 bits per heavy atom. The van der Waals surface area contributed by atoms with Crippen LogP contribution in [0.3, 0.4) is 0 Å². The zero-order valence-corrected chi connectivity index (χ0v) is 29.2. The van der Waals surface area contributed by atoms with Crippen molar-refractivity contribution in [3.05, 3.63) is 0 Å². The van der Waals surface area contributed by atoms with E-state index in [4.69, 9.17) is 33.2 Å². The smallest absolute Gasteiger partial charge is 0.465 e. The van der Waals surface area contributed by atoms with Crippen LogP contribution in [0.2, 0.25) is 0 Å². The topological polar surface area (TPSA) is 98.8 Å². The number of fused-ring (bicyclic) bond motifs is 1. The lowest BCUT2D eigenvalue weighted by molar-refractivity contribution is -0.349. The summed E-state index contributed by atoms with van der Waals surface area (Å²) in [4.78, 5) is 24.8. The average Bonchev–Trinajstić information content (AvgIpc) is 3.03. The summed E-state index contributed by atoms with van der Waals surface area (Å²) in [5.41, 5.74) is 0. The van der Waals surface area contributed by atoms with E-state index in [9.17, 15) is 9.59 Å². The van der Waals surface area contributed by atoms with E-state index in [1.54, 1.807) is 7.11 Å². The molecule has 0 spiro atoms. The number of methoxy groups -OCH3 is 1. The molecule has 2 heterocycles. The summed E-state index contributed by atoms with van der Waals surface area (Å²) in [5.74, 6) is 0.651. The summed E-state index contributed by atoms with van der Waals surface area (Å²) >= 11 is 0. The van der Waals surface area contributed by atoms with Crippen LogP contribution in [0.5, 0.6) is 0 Å². The number of carbonyl (C=O) groups excluding carboxylic acids is 2. The van der Waals surface area contributed by atoms with Gasteiger partial charge in [-0.3, -0.25) is 4.79 Å². The van der Waals surface area contributed by atoms with Crippen LogP contribution >= 0.6 is 0 Å². The van der Waals surface area contributed by atoms with Crippen molar-refractivity contribution >= 4 is 12.1 Å². The van der Waals surface area contributed by atoms with Gasteiger partial charge in [0.05, 0.1) is 31.8 Å². The summed E-state index contributed by atoms with van der Waals surface area (Å²) in [7, 11) is 1.58. The number of ether oxygens (including phenoxy) is 7. The van der Waals surface area contributed by atoms with E-state index in [0.717, 1.165) is 44.9 Å². The van der Waals surface area contributed by atoms with Crippen LogP contribution in [-0.2, 0) is 38.0 Å². The number of carbonyl (C=O) groups is 2. The Balaban J connectivity index is 1.45. The van der Waals surface area contributed by atoms with Gasteiger partial charge in [0.15, 0.2) is 18.7 Å². The highest BCUT2D eigenvalue weighted by Crippen LogP contribution is 2.39. The molecule has 3 rings (SSSR count). The molecule has 2 aliphatic heterocycles. The number of unbranched alkanes of at least 4 members (excludes halogenated alkanes) is 8. The molecule has 0 amide bonds. The molecule has 262 valence electrons. The predicted octanol–water partition coefficient (Wildman–Crippen LogP) is 8.21. The summed E-state index contributed by atoms with van der Waals surface area (Å²) < 4.78 is 41.5. The van der Waals surface area contributed by atoms with E-state index in [-0.39, 0.29) is 42.2 Å². The van der Waals surface area contributed by atoms with Crippen LogP contribution in [0.1, 0.15) is 131 Å². The standard InChI is InChI=1S/C36H64O9/c1-7-8-9-10-11-12-13-14-15-16-31-40-24-30-32(44-31)29(21-25(2)3)33(35(39-6)43-30)45-36(38)42-23-28-19-17-27(18-20-28)22-41-34(37)26(4)5/h25-33,35H,7-24H2,1-6H3/t27?,28?,29-,30?,31?,32-,33?,35-/m0/s1. The van der Waals surface area contributed by atoms with Gasteiger partial charge in [-0.05, 0) is 62.7 Å². The molecular formula is C36H64O9. The molecule has 0 aromatic carbocycles. The van der Waals surface area contributed by atoms with Gasteiger partial charge >= 0.3 is 12.1 Å². The van der Waals surface area contributed by atoms with E-state index in [1.165, 1.54) is 51.4 Å². The second kappa shape index (κ2) is 20.7. The van der Waals surface area contributed by atoms with Gasteiger partial charge < -0.3 is 33.2 Å². The fourth-order valence-electron chi connectivity index (χ4n) is 6.91. The Labute approximate surface area is 273 Å². The quantitative estimate of drug-likeness (QED) is 0.102. The van der Waals surface area contributed by atoms with Gasteiger partial charge in [-0.1, -0.05) is 86.0 Å². The van der Waals surface area contributed by atoms with Crippen LogP contribution in [0.15, 0.2) is 0 Å². The zero-order valence-electron chi connectivity index (χ0n) is 29.2. The first-order valence-corrected chi connectivity index (χ1v) is 18.2. The van der Waals surface area contributed by atoms with Crippen LogP contribution in [0.4, 0.5) is 4.79 Å². The molecule has 3 aliphatic rings. The van der Waals surface area contributed by atoms with Crippen LogP contribution in [0.25, 0.3) is 0 Å². The molecular weight excluding hydrogens is 576 g/mol. The monoisotopic (exact) mass is 640 g/mol. The third kappa shape index (κ3) is 13.3. The molecule has 6 atom stereocenters. The van der Waals surface area contributed by atoms with Crippen molar-refractivity contribution in [2.24, 2.45) is 29.6 Å². The normalized spacial score (nSPS) is 30.2. The van der Waals surface area contributed by atoms with Gasteiger partial charge in [0.1, 0.15) is 6.10 Å². The fourth-order valence-corrected chi connectivity index (χ4v) is 6.91. The van der Waals surface area contributed by atoms with E-state index in [2.05, 4.69) is 20.8 Å². The van der Waals surface area contributed by atoms with Crippen LogP contribution < -0.4 is 0 Å².